The average Bonchev–Trinajstić information content (AvgIpc) is 3.13. The Labute approximate surface area is 104 Å². The fraction of sp³-hybridized carbons (Fsp3) is 0.333. The Kier molecular flexibility index (Phi) is 3.05. The number of carbonyl (C=O) groups is 1. The van der Waals surface area contributed by atoms with Crippen molar-refractivity contribution < 1.29 is 4.79 Å². The number of nitrogens with one attached hydrogen (secondary N) is 1. The molecule has 0 spiro atoms. The van der Waals surface area contributed by atoms with E-state index < -0.39 is 5.41 Å². The molecule has 0 saturated heterocycles. The summed E-state index contributed by atoms with van der Waals surface area (Å²) in [4.78, 5) is 11.9. The lowest BCUT2D eigenvalue weighted by Gasteiger charge is -2.13. The first-order chi connectivity index (χ1) is 8.11. The van der Waals surface area contributed by atoms with Crippen LogP contribution < -0.4 is 11.1 Å². The third-order valence-corrected chi connectivity index (χ3v) is 3.40. The molecule has 2 rings (SSSR count). The largest absolute Gasteiger partial charge is 0.329 e. The van der Waals surface area contributed by atoms with Crippen LogP contribution >= 0.6 is 11.6 Å². The molecule has 0 atom stereocenters. The van der Waals surface area contributed by atoms with Crippen molar-refractivity contribution in [3.63, 3.8) is 0 Å². The minimum atomic E-state index is -0.425. The molecular formula is C12H12ClN3O. The monoisotopic (exact) mass is 249 g/mol. The van der Waals surface area contributed by atoms with Crippen molar-refractivity contribution >= 4 is 23.2 Å². The summed E-state index contributed by atoms with van der Waals surface area (Å²) < 4.78 is 0. The molecule has 1 aromatic carbocycles. The molecule has 1 fully saturated rings. The van der Waals surface area contributed by atoms with Gasteiger partial charge in [-0.25, -0.2) is 0 Å². The number of amides is 1. The molecule has 0 bridgehead atoms. The van der Waals surface area contributed by atoms with Gasteiger partial charge in [0.25, 0.3) is 0 Å². The predicted molar refractivity (Wildman–Crippen MR) is 65.5 cm³/mol. The van der Waals surface area contributed by atoms with Crippen LogP contribution in [-0.2, 0) is 4.79 Å². The maximum atomic E-state index is 11.9. The second-order valence-electron chi connectivity index (χ2n) is 4.25. The molecule has 1 aliphatic rings. The fourth-order valence-corrected chi connectivity index (χ4v) is 1.79. The Hall–Kier alpha value is -1.57. The van der Waals surface area contributed by atoms with E-state index in [1.165, 1.54) is 0 Å². The Morgan fingerprint density at radius 1 is 1.59 bits per heavy atom. The van der Waals surface area contributed by atoms with Crippen LogP contribution in [0, 0.1) is 16.7 Å². The lowest BCUT2D eigenvalue weighted by atomic mass is 10.1. The Balaban J connectivity index is 2.19. The number of halogens is 1. The Bertz CT molecular complexity index is 503. The van der Waals surface area contributed by atoms with Gasteiger partial charge in [0, 0.05) is 6.54 Å². The third kappa shape index (κ3) is 2.26. The molecule has 0 radical (unpaired) electrons. The lowest BCUT2D eigenvalue weighted by Crippen LogP contribution is -2.30. The van der Waals surface area contributed by atoms with Gasteiger partial charge in [0.2, 0.25) is 5.91 Å². The van der Waals surface area contributed by atoms with Crippen molar-refractivity contribution in [1.82, 2.24) is 0 Å². The van der Waals surface area contributed by atoms with E-state index in [1.807, 2.05) is 6.07 Å². The van der Waals surface area contributed by atoms with E-state index in [0.29, 0.717) is 22.8 Å². The standard InChI is InChI=1S/C12H12ClN3O/c13-9-2-1-8(6-14)5-10(9)16-11(17)12(7-15)3-4-12/h1-2,5H,3-4,7,15H2,(H,16,17). The molecule has 1 aromatic rings. The van der Waals surface area contributed by atoms with E-state index in [4.69, 9.17) is 22.6 Å². The number of rotatable bonds is 3. The number of hydrogen-bond acceptors (Lipinski definition) is 3. The van der Waals surface area contributed by atoms with Crippen molar-refractivity contribution in [3.05, 3.63) is 28.8 Å². The van der Waals surface area contributed by atoms with Crippen LogP contribution in [0.1, 0.15) is 18.4 Å². The molecule has 1 aliphatic carbocycles. The smallest absolute Gasteiger partial charge is 0.231 e. The second-order valence-corrected chi connectivity index (χ2v) is 4.65. The molecule has 0 unspecified atom stereocenters. The van der Waals surface area contributed by atoms with Gasteiger partial charge in [0.15, 0.2) is 0 Å². The van der Waals surface area contributed by atoms with Gasteiger partial charge in [0.05, 0.1) is 27.8 Å². The summed E-state index contributed by atoms with van der Waals surface area (Å²) in [5, 5.41) is 11.9. The SMILES string of the molecule is N#Cc1ccc(Cl)c(NC(=O)C2(CN)CC2)c1. The van der Waals surface area contributed by atoms with Crippen LogP contribution in [0.5, 0.6) is 0 Å². The van der Waals surface area contributed by atoms with Gasteiger partial charge in [-0.2, -0.15) is 5.26 Å². The normalized spacial score (nSPS) is 16.1. The van der Waals surface area contributed by atoms with Gasteiger partial charge in [-0.1, -0.05) is 11.6 Å². The summed E-state index contributed by atoms with van der Waals surface area (Å²) in [7, 11) is 0. The van der Waals surface area contributed by atoms with E-state index in [2.05, 4.69) is 5.32 Å². The summed E-state index contributed by atoms with van der Waals surface area (Å²) in [6, 6.07) is 6.76. The van der Waals surface area contributed by atoms with E-state index in [0.717, 1.165) is 12.8 Å². The first-order valence-corrected chi connectivity index (χ1v) is 5.70. The van der Waals surface area contributed by atoms with Crippen molar-refractivity contribution in [2.24, 2.45) is 11.1 Å². The van der Waals surface area contributed by atoms with Crippen LogP contribution in [0.4, 0.5) is 5.69 Å². The molecule has 5 heteroatoms. The van der Waals surface area contributed by atoms with Crippen LogP contribution in [0.3, 0.4) is 0 Å². The number of benzene rings is 1. The van der Waals surface area contributed by atoms with E-state index in [-0.39, 0.29) is 5.91 Å². The zero-order chi connectivity index (χ0) is 12.5. The van der Waals surface area contributed by atoms with Crippen LogP contribution in [0.15, 0.2) is 18.2 Å². The van der Waals surface area contributed by atoms with E-state index >= 15 is 0 Å². The van der Waals surface area contributed by atoms with Gasteiger partial charge in [-0.05, 0) is 31.0 Å². The second kappa shape index (κ2) is 4.36. The number of anilines is 1. The Morgan fingerprint density at radius 2 is 2.29 bits per heavy atom. The fourth-order valence-electron chi connectivity index (χ4n) is 1.62. The number of nitriles is 1. The molecule has 17 heavy (non-hydrogen) atoms. The summed E-state index contributed by atoms with van der Waals surface area (Å²) in [6.45, 7) is 0.342. The van der Waals surface area contributed by atoms with Gasteiger partial charge in [0.1, 0.15) is 0 Å². The minimum absolute atomic E-state index is 0.114. The van der Waals surface area contributed by atoms with Gasteiger partial charge in [-0.15, -0.1) is 0 Å². The molecule has 3 N–H and O–H groups in total. The lowest BCUT2D eigenvalue weighted by molar-refractivity contribution is -0.120. The van der Waals surface area contributed by atoms with Crippen molar-refractivity contribution in [2.45, 2.75) is 12.8 Å². The first-order valence-electron chi connectivity index (χ1n) is 5.32. The van der Waals surface area contributed by atoms with E-state index in [1.54, 1.807) is 18.2 Å². The maximum absolute atomic E-state index is 11.9. The molecule has 0 aromatic heterocycles. The molecule has 88 valence electrons. The summed E-state index contributed by atoms with van der Waals surface area (Å²) >= 11 is 5.96. The van der Waals surface area contributed by atoms with Gasteiger partial charge < -0.3 is 11.1 Å². The predicted octanol–water partition coefficient (Wildman–Crippen LogP) is 1.89. The minimum Gasteiger partial charge on any atom is -0.329 e. The summed E-state index contributed by atoms with van der Waals surface area (Å²) in [6.07, 6.45) is 1.62. The quantitative estimate of drug-likeness (QED) is 0.859. The van der Waals surface area contributed by atoms with Crippen LogP contribution in [0.25, 0.3) is 0 Å². The zero-order valence-electron chi connectivity index (χ0n) is 9.16. The highest BCUT2D eigenvalue weighted by Crippen LogP contribution is 2.45. The Morgan fingerprint density at radius 3 is 2.82 bits per heavy atom. The zero-order valence-corrected chi connectivity index (χ0v) is 9.92. The summed E-state index contributed by atoms with van der Waals surface area (Å²) in [5.41, 5.74) is 6.08. The molecule has 0 heterocycles. The highest BCUT2D eigenvalue weighted by molar-refractivity contribution is 6.33. The van der Waals surface area contributed by atoms with Crippen molar-refractivity contribution in [2.75, 3.05) is 11.9 Å². The molecule has 1 saturated carbocycles. The molecule has 4 nitrogen and oxygen atoms in total. The number of nitrogens with zero attached hydrogens (tertiary/aromatic N) is 1. The highest BCUT2D eigenvalue weighted by atomic mass is 35.5. The van der Waals surface area contributed by atoms with Crippen LogP contribution in [0.2, 0.25) is 5.02 Å². The average molecular weight is 250 g/mol. The molecule has 0 aliphatic heterocycles. The number of nitrogens with two attached hydrogens (primary N) is 1. The molecular weight excluding hydrogens is 238 g/mol. The number of carbonyl (C=O) groups excluding carboxylic acids is 1. The third-order valence-electron chi connectivity index (χ3n) is 3.07. The van der Waals surface area contributed by atoms with Gasteiger partial charge in [-0.3, -0.25) is 4.79 Å². The number of hydrogen-bond donors (Lipinski definition) is 2. The van der Waals surface area contributed by atoms with Crippen molar-refractivity contribution in [1.29, 1.82) is 5.26 Å². The van der Waals surface area contributed by atoms with Gasteiger partial charge >= 0.3 is 0 Å². The van der Waals surface area contributed by atoms with Crippen LogP contribution in [-0.4, -0.2) is 12.5 Å². The maximum Gasteiger partial charge on any atom is 0.231 e. The summed E-state index contributed by atoms with van der Waals surface area (Å²) in [5.74, 6) is -0.114. The molecule has 1 amide bonds. The highest BCUT2D eigenvalue weighted by Gasteiger charge is 2.48. The first kappa shape index (κ1) is 11.9. The topological polar surface area (TPSA) is 78.9 Å². The van der Waals surface area contributed by atoms with Crippen molar-refractivity contribution in [3.8, 4) is 6.07 Å². The van der Waals surface area contributed by atoms with E-state index in [9.17, 15) is 4.79 Å².